The van der Waals surface area contributed by atoms with Crippen LogP contribution in [0.25, 0.3) is 21.5 Å². The number of thiophene rings is 1. The van der Waals surface area contributed by atoms with E-state index in [1.165, 1.54) is 11.3 Å². The molecule has 22 heavy (non-hydrogen) atoms. The summed E-state index contributed by atoms with van der Waals surface area (Å²) in [4.78, 5) is 18.2. The second kappa shape index (κ2) is 6.16. The van der Waals surface area contributed by atoms with E-state index >= 15 is 0 Å². The Kier molecular flexibility index (Phi) is 4.07. The van der Waals surface area contributed by atoms with Crippen LogP contribution in [0.1, 0.15) is 25.6 Å². The normalized spacial score (nSPS) is 10.9. The van der Waals surface area contributed by atoms with Crippen molar-refractivity contribution in [3.63, 3.8) is 0 Å². The summed E-state index contributed by atoms with van der Waals surface area (Å²) >= 11 is 1.46. The second-order valence-corrected chi connectivity index (χ2v) is 5.76. The standard InChI is InChI=1S/C16H15N3O2S/c1-2-13-18-15-14(16(20)19(13)8-4-3-7-17)11(10-22-15)12-6-5-9-21-12/h5-6,9-10H,2-4,8H2,1H3. The third-order valence-corrected chi connectivity index (χ3v) is 4.42. The van der Waals surface area contributed by atoms with Gasteiger partial charge < -0.3 is 4.42 Å². The lowest BCUT2D eigenvalue weighted by molar-refractivity contribution is 0.582. The Balaban J connectivity index is 2.18. The molecule has 0 bridgehead atoms. The van der Waals surface area contributed by atoms with Crippen LogP contribution in [0, 0.1) is 11.3 Å². The maximum absolute atomic E-state index is 12.9. The molecule has 0 aliphatic carbocycles. The lowest BCUT2D eigenvalue weighted by Gasteiger charge is -2.10. The monoisotopic (exact) mass is 313 g/mol. The van der Waals surface area contributed by atoms with Gasteiger partial charge in [-0.15, -0.1) is 11.3 Å². The first-order chi connectivity index (χ1) is 10.8. The zero-order chi connectivity index (χ0) is 15.5. The molecule has 6 heteroatoms. The molecule has 3 aromatic heterocycles. The topological polar surface area (TPSA) is 71.8 Å². The molecule has 5 nitrogen and oxygen atoms in total. The van der Waals surface area contributed by atoms with Crippen LogP contribution in [-0.4, -0.2) is 9.55 Å². The van der Waals surface area contributed by atoms with Crippen molar-refractivity contribution < 1.29 is 4.42 Å². The Morgan fingerprint density at radius 3 is 3.05 bits per heavy atom. The molecule has 112 valence electrons. The highest BCUT2D eigenvalue weighted by Crippen LogP contribution is 2.31. The number of furan rings is 1. The minimum atomic E-state index is -0.0487. The number of nitrogens with zero attached hydrogens (tertiary/aromatic N) is 3. The number of nitriles is 1. The highest BCUT2D eigenvalue weighted by molar-refractivity contribution is 7.17. The van der Waals surface area contributed by atoms with Gasteiger partial charge in [-0.1, -0.05) is 6.92 Å². The predicted octanol–water partition coefficient (Wildman–Crippen LogP) is 3.58. The number of rotatable bonds is 5. The van der Waals surface area contributed by atoms with E-state index in [0.29, 0.717) is 37.0 Å². The summed E-state index contributed by atoms with van der Waals surface area (Å²) in [7, 11) is 0. The first kappa shape index (κ1) is 14.5. The molecule has 0 amide bonds. The smallest absolute Gasteiger partial charge is 0.263 e. The van der Waals surface area contributed by atoms with Gasteiger partial charge in [0, 0.05) is 30.3 Å². The van der Waals surface area contributed by atoms with E-state index in [9.17, 15) is 4.79 Å². The van der Waals surface area contributed by atoms with Crippen LogP contribution in [0.2, 0.25) is 0 Å². The van der Waals surface area contributed by atoms with Crippen molar-refractivity contribution in [1.29, 1.82) is 5.26 Å². The average molecular weight is 313 g/mol. The number of aromatic nitrogens is 2. The molecule has 0 saturated carbocycles. The summed E-state index contributed by atoms with van der Waals surface area (Å²) in [6.45, 7) is 2.50. The zero-order valence-corrected chi connectivity index (χ0v) is 13.0. The van der Waals surface area contributed by atoms with Crippen LogP contribution >= 0.6 is 11.3 Å². The Hall–Kier alpha value is -2.39. The van der Waals surface area contributed by atoms with Crippen LogP contribution in [0.5, 0.6) is 0 Å². The number of unbranched alkanes of at least 4 members (excludes halogenated alkanes) is 1. The Morgan fingerprint density at radius 1 is 1.50 bits per heavy atom. The first-order valence-electron chi connectivity index (χ1n) is 7.18. The van der Waals surface area contributed by atoms with Crippen molar-refractivity contribution >= 4 is 21.6 Å². The summed E-state index contributed by atoms with van der Waals surface area (Å²) < 4.78 is 7.12. The Morgan fingerprint density at radius 2 is 2.36 bits per heavy atom. The van der Waals surface area contributed by atoms with Crippen molar-refractivity contribution in [3.8, 4) is 17.4 Å². The number of hydrogen-bond donors (Lipinski definition) is 0. The SMILES string of the molecule is CCc1nc2scc(-c3ccco3)c2c(=O)n1CCCC#N. The van der Waals surface area contributed by atoms with Crippen LogP contribution in [0.15, 0.2) is 33.0 Å². The molecular weight excluding hydrogens is 298 g/mol. The van der Waals surface area contributed by atoms with E-state index in [2.05, 4.69) is 11.1 Å². The summed E-state index contributed by atoms with van der Waals surface area (Å²) in [5.74, 6) is 1.45. The predicted molar refractivity (Wildman–Crippen MR) is 85.8 cm³/mol. The van der Waals surface area contributed by atoms with Crippen LogP contribution in [0.3, 0.4) is 0 Å². The van der Waals surface area contributed by atoms with Crippen molar-refractivity contribution in [2.75, 3.05) is 0 Å². The minimum Gasteiger partial charge on any atom is -0.464 e. The zero-order valence-electron chi connectivity index (χ0n) is 12.2. The molecule has 3 heterocycles. The van der Waals surface area contributed by atoms with Gasteiger partial charge in [0.05, 0.1) is 17.7 Å². The molecular formula is C16H15N3O2S. The molecule has 3 rings (SSSR count). The van der Waals surface area contributed by atoms with E-state index in [0.717, 1.165) is 16.2 Å². The molecule has 0 unspecified atom stereocenters. The summed E-state index contributed by atoms with van der Waals surface area (Å²) in [6.07, 6.45) is 3.36. The molecule has 3 aromatic rings. The lowest BCUT2D eigenvalue weighted by atomic mass is 10.2. The van der Waals surface area contributed by atoms with Gasteiger partial charge in [0.1, 0.15) is 16.4 Å². The van der Waals surface area contributed by atoms with Crippen molar-refractivity contribution in [1.82, 2.24) is 9.55 Å². The fourth-order valence-corrected chi connectivity index (χ4v) is 3.43. The average Bonchev–Trinajstić information content (AvgIpc) is 3.17. The van der Waals surface area contributed by atoms with Gasteiger partial charge in [-0.05, 0) is 18.6 Å². The van der Waals surface area contributed by atoms with Gasteiger partial charge in [-0.2, -0.15) is 5.26 Å². The van der Waals surface area contributed by atoms with Crippen LogP contribution in [0.4, 0.5) is 0 Å². The van der Waals surface area contributed by atoms with E-state index in [1.807, 2.05) is 18.4 Å². The van der Waals surface area contributed by atoms with E-state index in [1.54, 1.807) is 16.9 Å². The minimum absolute atomic E-state index is 0.0487. The van der Waals surface area contributed by atoms with Gasteiger partial charge >= 0.3 is 0 Å². The number of aryl methyl sites for hydroxylation is 1. The molecule has 0 radical (unpaired) electrons. The van der Waals surface area contributed by atoms with E-state index in [-0.39, 0.29) is 5.56 Å². The van der Waals surface area contributed by atoms with Crippen molar-refractivity contribution in [2.24, 2.45) is 0 Å². The third-order valence-electron chi connectivity index (χ3n) is 3.55. The van der Waals surface area contributed by atoms with Gasteiger partial charge in [-0.3, -0.25) is 9.36 Å². The van der Waals surface area contributed by atoms with E-state index < -0.39 is 0 Å². The third kappa shape index (κ3) is 2.44. The van der Waals surface area contributed by atoms with Crippen molar-refractivity contribution in [2.45, 2.75) is 32.7 Å². The van der Waals surface area contributed by atoms with Gasteiger partial charge in [0.25, 0.3) is 5.56 Å². The lowest BCUT2D eigenvalue weighted by Crippen LogP contribution is -2.25. The molecule has 0 atom stereocenters. The van der Waals surface area contributed by atoms with Gasteiger partial charge in [-0.25, -0.2) is 4.98 Å². The maximum atomic E-state index is 12.9. The fraction of sp³-hybridized carbons (Fsp3) is 0.312. The Labute approximate surface area is 131 Å². The molecule has 0 saturated heterocycles. The summed E-state index contributed by atoms with van der Waals surface area (Å²) in [6, 6.07) is 5.76. The fourth-order valence-electron chi connectivity index (χ4n) is 2.50. The molecule has 0 aliphatic heterocycles. The quantitative estimate of drug-likeness (QED) is 0.675. The highest BCUT2D eigenvalue weighted by Gasteiger charge is 2.17. The summed E-state index contributed by atoms with van der Waals surface area (Å²) in [5.41, 5.74) is 0.742. The van der Waals surface area contributed by atoms with Gasteiger partial charge in [0.15, 0.2) is 0 Å². The molecule has 0 fully saturated rings. The maximum Gasteiger partial charge on any atom is 0.263 e. The second-order valence-electron chi connectivity index (χ2n) is 4.91. The first-order valence-corrected chi connectivity index (χ1v) is 8.06. The van der Waals surface area contributed by atoms with E-state index in [4.69, 9.17) is 9.68 Å². The van der Waals surface area contributed by atoms with Gasteiger partial charge in [0.2, 0.25) is 0 Å². The van der Waals surface area contributed by atoms with Crippen LogP contribution in [-0.2, 0) is 13.0 Å². The van der Waals surface area contributed by atoms with Crippen LogP contribution < -0.4 is 5.56 Å². The molecule has 0 aromatic carbocycles. The van der Waals surface area contributed by atoms with Crippen molar-refractivity contribution in [3.05, 3.63) is 40.0 Å². The highest BCUT2D eigenvalue weighted by atomic mass is 32.1. The molecule has 0 aliphatic rings. The summed E-state index contributed by atoms with van der Waals surface area (Å²) in [5, 5.41) is 11.2. The molecule has 0 spiro atoms. The molecule has 0 N–H and O–H groups in total. The Bertz CT molecular complexity index is 885. The number of hydrogen-bond acceptors (Lipinski definition) is 5. The largest absolute Gasteiger partial charge is 0.464 e. The number of fused-ring (bicyclic) bond motifs is 1.